The van der Waals surface area contributed by atoms with Crippen molar-refractivity contribution in [2.75, 3.05) is 13.2 Å². The summed E-state index contributed by atoms with van der Waals surface area (Å²) in [5.41, 5.74) is -0.339. The number of nitrogens with one attached hydrogen (secondary N) is 1. The normalized spacial score (nSPS) is 24.3. The number of ether oxygens (including phenoxy) is 1. The van der Waals surface area contributed by atoms with E-state index in [0.29, 0.717) is 32.5 Å². The molecule has 0 saturated carbocycles. The zero-order valence-electron chi connectivity index (χ0n) is 13.0. The van der Waals surface area contributed by atoms with Gasteiger partial charge in [-0.25, -0.2) is 0 Å². The Morgan fingerprint density at radius 2 is 2.35 bits per heavy atom. The van der Waals surface area contributed by atoms with Crippen LogP contribution in [0.25, 0.3) is 0 Å². The second kappa shape index (κ2) is 6.92. The topological polar surface area (TPSA) is 80.9 Å². The summed E-state index contributed by atoms with van der Waals surface area (Å²) in [5, 5.41) is 15.2. The smallest absolute Gasteiger partial charge is 0.225 e. The molecule has 1 amide bonds. The largest absolute Gasteiger partial charge is 0.375 e. The second-order valence-electron chi connectivity index (χ2n) is 6.04. The lowest BCUT2D eigenvalue weighted by Crippen LogP contribution is -2.34. The van der Waals surface area contributed by atoms with Gasteiger partial charge in [0, 0.05) is 38.2 Å². The number of carbonyl (C=O) groups excluding carboxylic acids is 1. The molecule has 23 heavy (non-hydrogen) atoms. The quantitative estimate of drug-likeness (QED) is 0.736. The Morgan fingerprint density at radius 3 is 3.04 bits per heavy atom. The molecule has 1 fully saturated rings. The molecule has 3 rings (SSSR count). The third-order valence-corrected chi connectivity index (χ3v) is 4.28. The Labute approximate surface area is 135 Å². The first-order valence-corrected chi connectivity index (χ1v) is 7.95. The molecule has 2 atom stereocenters. The molecular weight excluding hydrogens is 294 g/mol. The van der Waals surface area contributed by atoms with Gasteiger partial charge in [0.25, 0.3) is 0 Å². The maximum atomic E-state index is 12.2. The van der Waals surface area contributed by atoms with Crippen LogP contribution < -0.4 is 5.32 Å². The van der Waals surface area contributed by atoms with Gasteiger partial charge in [-0.15, -0.1) is 12.3 Å². The van der Waals surface area contributed by atoms with E-state index < -0.39 is 0 Å². The Balaban J connectivity index is 1.35. The number of amides is 1. The predicted octanol–water partition coefficient (Wildman–Crippen LogP) is 1.37. The molecule has 7 heteroatoms. The van der Waals surface area contributed by atoms with Crippen LogP contribution in [0, 0.1) is 18.3 Å². The highest BCUT2D eigenvalue weighted by molar-refractivity contribution is 5.79. The molecule has 7 nitrogen and oxygen atoms in total. The first-order valence-electron chi connectivity index (χ1n) is 7.95. The van der Waals surface area contributed by atoms with E-state index in [9.17, 15) is 4.79 Å². The van der Waals surface area contributed by atoms with Crippen molar-refractivity contribution in [3.63, 3.8) is 0 Å². The summed E-state index contributed by atoms with van der Waals surface area (Å²) in [5.74, 6) is 2.55. The van der Waals surface area contributed by atoms with Gasteiger partial charge in [-0.2, -0.15) is 15.3 Å². The third kappa shape index (κ3) is 4.17. The van der Waals surface area contributed by atoms with Crippen molar-refractivity contribution in [2.45, 2.75) is 44.0 Å². The van der Waals surface area contributed by atoms with Gasteiger partial charge in [-0.3, -0.25) is 9.48 Å². The van der Waals surface area contributed by atoms with Gasteiger partial charge in [0.05, 0.1) is 25.2 Å². The number of terminal acetylenes is 1. The molecule has 3 heterocycles. The highest BCUT2D eigenvalue weighted by atomic mass is 16.5. The van der Waals surface area contributed by atoms with E-state index in [1.165, 1.54) is 0 Å². The van der Waals surface area contributed by atoms with Crippen LogP contribution in [-0.4, -0.2) is 40.6 Å². The number of rotatable bonds is 8. The van der Waals surface area contributed by atoms with Gasteiger partial charge in [0.2, 0.25) is 5.91 Å². The van der Waals surface area contributed by atoms with Crippen molar-refractivity contribution in [1.29, 1.82) is 0 Å². The molecule has 1 N–H and O–H groups in total. The lowest BCUT2D eigenvalue weighted by molar-refractivity contribution is -0.124. The highest BCUT2D eigenvalue weighted by Crippen LogP contribution is 2.36. The van der Waals surface area contributed by atoms with E-state index in [0.717, 1.165) is 12.8 Å². The van der Waals surface area contributed by atoms with Crippen molar-refractivity contribution < 1.29 is 9.53 Å². The fourth-order valence-corrected chi connectivity index (χ4v) is 2.83. The molecule has 1 aromatic heterocycles. The van der Waals surface area contributed by atoms with E-state index in [-0.39, 0.29) is 23.6 Å². The molecule has 0 radical (unpaired) electrons. The van der Waals surface area contributed by atoms with E-state index in [1.54, 1.807) is 6.20 Å². The average Bonchev–Trinajstić information content (AvgIpc) is 2.94. The zero-order chi connectivity index (χ0) is 16.1. The van der Waals surface area contributed by atoms with E-state index in [1.807, 2.05) is 16.9 Å². The van der Waals surface area contributed by atoms with Crippen LogP contribution in [0.5, 0.6) is 0 Å². The van der Waals surface area contributed by atoms with Crippen molar-refractivity contribution in [1.82, 2.24) is 15.1 Å². The van der Waals surface area contributed by atoms with Crippen LogP contribution in [0.2, 0.25) is 0 Å². The summed E-state index contributed by atoms with van der Waals surface area (Å²) in [6, 6.07) is 1.88. The molecule has 1 saturated heterocycles. The Morgan fingerprint density at radius 1 is 1.48 bits per heavy atom. The van der Waals surface area contributed by atoms with E-state index >= 15 is 0 Å². The molecule has 0 bridgehead atoms. The van der Waals surface area contributed by atoms with Crippen LogP contribution in [0.15, 0.2) is 28.7 Å². The van der Waals surface area contributed by atoms with E-state index in [2.05, 4.69) is 26.6 Å². The molecular formula is C16H21N5O2. The molecule has 1 aromatic rings. The second-order valence-corrected chi connectivity index (χ2v) is 6.04. The lowest BCUT2D eigenvalue weighted by Gasteiger charge is -2.12. The molecule has 2 aliphatic rings. The maximum absolute atomic E-state index is 12.2. The molecule has 2 aliphatic heterocycles. The lowest BCUT2D eigenvalue weighted by atomic mass is 10.0. The summed E-state index contributed by atoms with van der Waals surface area (Å²) in [4.78, 5) is 12.2. The van der Waals surface area contributed by atoms with Crippen molar-refractivity contribution in [3.05, 3.63) is 18.5 Å². The van der Waals surface area contributed by atoms with E-state index in [4.69, 9.17) is 11.2 Å². The van der Waals surface area contributed by atoms with Gasteiger partial charge in [0.1, 0.15) is 0 Å². The van der Waals surface area contributed by atoms with Gasteiger partial charge in [-0.05, 0) is 12.5 Å². The maximum Gasteiger partial charge on any atom is 0.225 e. The van der Waals surface area contributed by atoms with Crippen LogP contribution in [0.3, 0.4) is 0 Å². The fraction of sp³-hybridized carbons (Fsp3) is 0.625. The summed E-state index contributed by atoms with van der Waals surface area (Å²) in [6.45, 7) is 1.72. The van der Waals surface area contributed by atoms with Gasteiger partial charge >= 0.3 is 0 Å². The zero-order valence-corrected chi connectivity index (χ0v) is 13.0. The molecule has 0 aromatic carbocycles. The summed E-state index contributed by atoms with van der Waals surface area (Å²) < 4.78 is 7.52. The van der Waals surface area contributed by atoms with Crippen LogP contribution in [-0.2, 0) is 16.1 Å². The number of aromatic nitrogens is 2. The van der Waals surface area contributed by atoms with Crippen molar-refractivity contribution in [2.24, 2.45) is 16.1 Å². The fourth-order valence-electron chi connectivity index (χ4n) is 2.83. The summed E-state index contributed by atoms with van der Waals surface area (Å²) in [6.07, 6.45) is 11.8. The first-order chi connectivity index (χ1) is 11.2. The summed E-state index contributed by atoms with van der Waals surface area (Å²) in [7, 11) is 0. The molecule has 0 spiro atoms. The SMILES string of the molecule is C#CCCC1(CCNC(=O)C2COC(Cn3cccn3)C2)N=N1. The Hall–Kier alpha value is -2.20. The monoisotopic (exact) mass is 315 g/mol. The Kier molecular flexibility index (Phi) is 4.72. The van der Waals surface area contributed by atoms with Gasteiger partial charge in [-0.1, -0.05) is 0 Å². The number of nitrogens with zero attached hydrogens (tertiary/aromatic N) is 4. The highest BCUT2D eigenvalue weighted by Gasteiger charge is 2.39. The number of carbonyl (C=O) groups is 1. The third-order valence-electron chi connectivity index (χ3n) is 4.28. The minimum atomic E-state index is -0.339. The molecule has 122 valence electrons. The molecule has 2 unspecified atom stereocenters. The van der Waals surface area contributed by atoms with Crippen LogP contribution in [0.1, 0.15) is 25.7 Å². The van der Waals surface area contributed by atoms with Crippen molar-refractivity contribution in [3.8, 4) is 12.3 Å². The van der Waals surface area contributed by atoms with Crippen LogP contribution >= 0.6 is 0 Å². The minimum absolute atomic E-state index is 0.0423. The van der Waals surface area contributed by atoms with Crippen molar-refractivity contribution >= 4 is 5.91 Å². The van der Waals surface area contributed by atoms with Gasteiger partial charge in [0.15, 0.2) is 5.66 Å². The Bertz CT molecular complexity index is 598. The number of hydrogen-bond acceptors (Lipinski definition) is 5. The van der Waals surface area contributed by atoms with Gasteiger partial charge < -0.3 is 10.1 Å². The average molecular weight is 315 g/mol. The first kappa shape index (κ1) is 15.7. The minimum Gasteiger partial charge on any atom is -0.375 e. The van der Waals surface area contributed by atoms with Crippen LogP contribution in [0.4, 0.5) is 0 Å². The molecule has 0 aliphatic carbocycles. The standard InChI is InChI=1S/C16H21N5O2/c1-2-3-5-16(19-20-16)6-8-17-15(22)13-10-14(23-12-13)11-21-9-4-7-18-21/h1,4,7,9,13-14H,3,5-6,8,10-12H2,(H,17,22). The summed E-state index contributed by atoms with van der Waals surface area (Å²) >= 11 is 0. The predicted molar refractivity (Wildman–Crippen MR) is 83.4 cm³/mol. The number of hydrogen-bond donors (Lipinski definition) is 1.